The van der Waals surface area contributed by atoms with Crippen LogP contribution in [0.2, 0.25) is 0 Å². The molecule has 1 heterocycles. The molecule has 0 radical (unpaired) electrons. The van der Waals surface area contributed by atoms with Gasteiger partial charge in [-0.15, -0.1) is 24.0 Å². The Morgan fingerprint density at radius 3 is 2.68 bits per heavy atom. The van der Waals surface area contributed by atoms with Crippen LogP contribution in [0.5, 0.6) is 5.75 Å². The number of halogens is 1. The van der Waals surface area contributed by atoms with Gasteiger partial charge in [0.2, 0.25) is 0 Å². The summed E-state index contributed by atoms with van der Waals surface area (Å²) in [5.74, 6) is 1.57. The Hall–Kier alpha value is -1.81. The average molecular weight is 501 g/mol. The van der Waals surface area contributed by atoms with E-state index in [1.807, 2.05) is 35.9 Å². The zero-order valence-corrected chi connectivity index (χ0v) is 19.5. The summed E-state index contributed by atoms with van der Waals surface area (Å²) >= 11 is 0. The van der Waals surface area contributed by atoms with E-state index in [-0.39, 0.29) is 24.0 Å². The Balaban J connectivity index is 0.00000392. The molecule has 2 rings (SSSR count). The van der Waals surface area contributed by atoms with Crippen LogP contribution < -0.4 is 15.4 Å². The first-order chi connectivity index (χ1) is 13.1. The van der Waals surface area contributed by atoms with Crippen molar-refractivity contribution in [3.63, 3.8) is 0 Å². The molecular formula is C20H32IN5O2. The summed E-state index contributed by atoms with van der Waals surface area (Å²) in [6, 6.07) is 9.96. The molecule has 0 saturated carbocycles. The van der Waals surface area contributed by atoms with Gasteiger partial charge in [0.25, 0.3) is 0 Å². The fraction of sp³-hybridized carbons (Fsp3) is 0.500. The molecule has 28 heavy (non-hydrogen) atoms. The maximum absolute atomic E-state index is 5.73. The summed E-state index contributed by atoms with van der Waals surface area (Å²) in [5.41, 5.74) is 3.19. The molecule has 156 valence electrons. The zero-order chi connectivity index (χ0) is 19.5. The van der Waals surface area contributed by atoms with Crippen molar-refractivity contribution >= 4 is 35.6 Å². The summed E-state index contributed by atoms with van der Waals surface area (Å²) < 4.78 is 12.8. The number of hydrogen-bond acceptors (Lipinski definition) is 4. The first-order valence-corrected chi connectivity index (χ1v) is 9.33. The van der Waals surface area contributed by atoms with Crippen LogP contribution in [0.4, 0.5) is 5.69 Å². The number of nitrogens with one attached hydrogen (secondary N) is 2. The van der Waals surface area contributed by atoms with Crippen LogP contribution in [0.3, 0.4) is 0 Å². The fourth-order valence-electron chi connectivity index (χ4n) is 2.71. The lowest BCUT2D eigenvalue weighted by Crippen LogP contribution is -2.32. The monoisotopic (exact) mass is 501 g/mol. The topological polar surface area (TPSA) is 72.7 Å². The van der Waals surface area contributed by atoms with Gasteiger partial charge in [0.1, 0.15) is 5.75 Å². The van der Waals surface area contributed by atoms with Gasteiger partial charge in [-0.25, -0.2) is 0 Å². The Morgan fingerprint density at radius 1 is 1.18 bits per heavy atom. The van der Waals surface area contributed by atoms with Gasteiger partial charge in [0.05, 0.1) is 12.3 Å². The van der Waals surface area contributed by atoms with Crippen LogP contribution in [0.1, 0.15) is 24.2 Å². The summed E-state index contributed by atoms with van der Waals surface area (Å²) in [6.45, 7) is 7.13. The van der Waals surface area contributed by atoms with Crippen LogP contribution in [-0.4, -0.2) is 49.7 Å². The number of ether oxygens (including phenoxy) is 2. The van der Waals surface area contributed by atoms with Crippen molar-refractivity contribution in [2.75, 3.05) is 39.2 Å². The van der Waals surface area contributed by atoms with Crippen molar-refractivity contribution in [2.24, 2.45) is 4.99 Å². The lowest BCUT2D eigenvalue weighted by molar-refractivity contribution is 0.172. The molecule has 2 N–H and O–H groups in total. The van der Waals surface area contributed by atoms with E-state index in [0.29, 0.717) is 13.2 Å². The van der Waals surface area contributed by atoms with Gasteiger partial charge in [-0.05, 0) is 38.5 Å². The van der Waals surface area contributed by atoms with Crippen molar-refractivity contribution in [1.82, 2.24) is 15.1 Å². The number of methoxy groups -OCH3 is 1. The standard InChI is InChI=1S/C20H31N5O2.HI/c1-16-14-17(2)25(24-16)11-6-10-22-20(21-3)23-18-8-5-9-19(15-18)27-13-7-12-26-4;/h5,8-9,14-15H,6-7,10-13H2,1-4H3,(H2,21,22,23);1H. The van der Waals surface area contributed by atoms with E-state index in [2.05, 4.69) is 33.7 Å². The molecule has 7 nitrogen and oxygen atoms in total. The van der Waals surface area contributed by atoms with E-state index >= 15 is 0 Å². The predicted molar refractivity (Wildman–Crippen MR) is 125 cm³/mol. The maximum Gasteiger partial charge on any atom is 0.195 e. The first-order valence-electron chi connectivity index (χ1n) is 9.33. The van der Waals surface area contributed by atoms with E-state index in [9.17, 15) is 0 Å². The molecule has 1 aromatic carbocycles. The second-order valence-corrected chi connectivity index (χ2v) is 6.35. The van der Waals surface area contributed by atoms with E-state index in [1.54, 1.807) is 14.2 Å². The highest BCUT2D eigenvalue weighted by molar-refractivity contribution is 14.0. The number of rotatable bonds is 10. The molecular weight excluding hydrogens is 469 g/mol. The number of benzene rings is 1. The molecule has 0 saturated heterocycles. The Kier molecular flexibility index (Phi) is 11.6. The van der Waals surface area contributed by atoms with Crippen molar-refractivity contribution in [3.8, 4) is 5.75 Å². The highest BCUT2D eigenvalue weighted by Gasteiger charge is 2.03. The number of aliphatic imine (C=N–C) groups is 1. The minimum absolute atomic E-state index is 0. The Morgan fingerprint density at radius 2 is 2.00 bits per heavy atom. The van der Waals surface area contributed by atoms with E-state index in [4.69, 9.17) is 9.47 Å². The second kappa shape index (κ2) is 13.4. The molecule has 0 amide bonds. The minimum Gasteiger partial charge on any atom is -0.493 e. The molecule has 0 aliphatic heterocycles. The molecule has 0 spiro atoms. The first kappa shape index (κ1) is 24.2. The van der Waals surface area contributed by atoms with Crippen molar-refractivity contribution in [2.45, 2.75) is 33.2 Å². The third-order valence-electron chi connectivity index (χ3n) is 4.02. The van der Waals surface area contributed by atoms with Crippen LogP contribution in [0.25, 0.3) is 0 Å². The van der Waals surface area contributed by atoms with Crippen molar-refractivity contribution in [3.05, 3.63) is 41.7 Å². The Bertz CT molecular complexity index is 733. The minimum atomic E-state index is 0. The van der Waals surface area contributed by atoms with E-state index in [1.165, 1.54) is 5.69 Å². The highest BCUT2D eigenvalue weighted by atomic mass is 127. The molecule has 8 heteroatoms. The highest BCUT2D eigenvalue weighted by Crippen LogP contribution is 2.17. The van der Waals surface area contributed by atoms with Gasteiger partial charge in [0.15, 0.2) is 5.96 Å². The largest absolute Gasteiger partial charge is 0.493 e. The molecule has 0 bridgehead atoms. The molecule has 0 aliphatic rings. The zero-order valence-electron chi connectivity index (χ0n) is 17.2. The third kappa shape index (κ3) is 8.47. The number of guanidine groups is 1. The van der Waals surface area contributed by atoms with Gasteiger partial charge < -0.3 is 20.1 Å². The number of hydrogen-bond donors (Lipinski definition) is 2. The second-order valence-electron chi connectivity index (χ2n) is 6.35. The summed E-state index contributed by atoms with van der Waals surface area (Å²) in [7, 11) is 3.46. The Labute approximate surface area is 184 Å². The lowest BCUT2D eigenvalue weighted by atomic mass is 10.3. The van der Waals surface area contributed by atoms with Gasteiger partial charge in [-0.2, -0.15) is 5.10 Å². The number of aromatic nitrogens is 2. The van der Waals surface area contributed by atoms with Gasteiger partial charge in [-0.3, -0.25) is 9.67 Å². The van der Waals surface area contributed by atoms with Crippen LogP contribution in [-0.2, 0) is 11.3 Å². The van der Waals surface area contributed by atoms with Gasteiger partial charge >= 0.3 is 0 Å². The van der Waals surface area contributed by atoms with Crippen molar-refractivity contribution in [1.29, 1.82) is 0 Å². The molecule has 0 aliphatic carbocycles. The maximum atomic E-state index is 5.73. The van der Waals surface area contributed by atoms with Crippen LogP contribution >= 0.6 is 24.0 Å². The number of nitrogens with zero attached hydrogens (tertiary/aromatic N) is 3. The average Bonchev–Trinajstić information content (AvgIpc) is 2.99. The third-order valence-corrected chi connectivity index (χ3v) is 4.02. The molecule has 0 atom stereocenters. The molecule has 1 aromatic heterocycles. The summed E-state index contributed by atoms with van der Waals surface area (Å²) in [5, 5.41) is 11.1. The van der Waals surface area contributed by atoms with Crippen LogP contribution in [0.15, 0.2) is 35.3 Å². The lowest BCUT2D eigenvalue weighted by Gasteiger charge is -2.13. The van der Waals surface area contributed by atoms with Gasteiger partial charge in [-0.1, -0.05) is 6.07 Å². The summed E-state index contributed by atoms with van der Waals surface area (Å²) in [4.78, 5) is 4.28. The van der Waals surface area contributed by atoms with E-state index in [0.717, 1.165) is 49.0 Å². The normalized spacial score (nSPS) is 11.1. The summed E-state index contributed by atoms with van der Waals surface area (Å²) in [6.07, 6.45) is 1.83. The quantitative estimate of drug-likeness (QED) is 0.225. The predicted octanol–water partition coefficient (Wildman–Crippen LogP) is 3.61. The molecule has 2 aromatic rings. The number of aryl methyl sites for hydroxylation is 3. The van der Waals surface area contributed by atoms with Crippen molar-refractivity contribution < 1.29 is 9.47 Å². The fourth-order valence-corrected chi connectivity index (χ4v) is 2.71. The smallest absolute Gasteiger partial charge is 0.195 e. The molecule has 0 unspecified atom stereocenters. The van der Waals surface area contributed by atoms with Gasteiger partial charge in [0, 0.05) is 57.7 Å². The SMILES string of the molecule is CN=C(NCCCn1nc(C)cc1C)Nc1cccc(OCCCOC)c1.I. The molecule has 0 fully saturated rings. The van der Waals surface area contributed by atoms with E-state index < -0.39 is 0 Å². The number of anilines is 1. The van der Waals surface area contributed by atoms with Crippen LogP contribution in [0, 0.1) is 13.8 Å².